The first-order valence-corrected chi connectivity index (χ1v) is 5.46. The van der Waals surface area contributed by atoms with Crippen LogP contribution < -0.4 is 11.1 Å². The molecule has 0 fully saturated rings. The fourth-order valence-corrected chi connectivity index (χ4v) is 1.55. The summed E-state index contributed by atoms with van der Waals surface area (Å²) in [5.41, 5.74) is 8.63. The molecule has 16 heavy (non-hydrogen) atoms. The Morgan fingerprint density at radius 3 is 2.75 bits per heavy atom. The van der Waals surface area contributed by atoms with Crippen LogP contribution in [0, 0.1) is 0 Å². The lowest BCUT2D eigenvalue weighted by Crippen LogP contribution is -2.02. The molecule has 0 unspecified atom stereocenters. The van der Waals surface area contributed by atoms with E-state index in [1.54, 1.807) is 0 Å². The second-order valence-electron chi connectivity index (χ2n) is 3.65. The van der Waals surface area contributed by atoms with Crippen molar-refractivity contribution in [1.29, 1.82) is 0 Å². The third kappa shape index (κ3) is 2.00. The van der Waals surface area contributed by atoms with Gasteiger partial charge in [-0.25, -0.2) is 0 Å². The lowest BCUT2D eigenvalue weighted by atomic mass is 10.1. The maximum atomic E-state index is 6.02. The average molecular weight is 216 g/mol. The molecular weight excluding hydrogens is 200 g/mol. The molecule has 0 amide bonds. The fourth-order valence-electron chi connectivity index (χ4n) is 1.55. The number of nitrogen functional groups attached to an aromatic ring is 1. The van der Waals surface area contributed by atoms with Crippen LogP contribution in [0.25, 0.3) is 11.3 Å². The van der Waals surface area contributed by atoms with Gasteiger partial charge in [0, 0.05) is 12.1 Å². The minimum absolute atomic E-state index is 0.680. The minimum Gasteiger partial charge on any atom is -0.394 e. The zero-order chi connectivity index (χ0) is 11.4. The van der Waals surface area contributed by atoms with Gasteiger partial charge >= 0.3 is 0 Å². The van der Waals surface area contributed by atoms with Gasteiger partial charge in [0.15, 0.2) is 5.82 Å². The first-order chi connectivity index (χ1) is 7.83. The summed E-state index contributed by atoms with van der Waals surface area (Å²) >= 11 is 0. The highest BCUT2D eigenvalue weighted by atomic mass is 15.2. The monoisotopic (exact) mass is 216 g/mol. The Labute approximate surface area is 94.9 Å². The molecule has 0 atom stereocenters. The molecule has 0 bridgehead atoms. The molecule has 0 aliphatic rings. The zero-order valence-electron chi connectivity index (χ0n) is 9.33. The summed E-state index contributed by atoms with van der Waals surface area (Å²) in [7, 11) is 0. The molecule has 84 valence electrons. The van der Waals surface area contributed by atoms with Crippen LogP contribution in [0.1, 0.15) is 13.3 Å². The number of nitrogens with one attached hydrogen (secondary N) is 2. The number of anilines is 2. The molecule has 4 N–H and O–H groups in total. The van der Waals surface area contributed by atoms with Crippen LogP contribution in [-0.4, -0.2) is 16.7 Å². The van der Waals surface area contributed by atoms with Crippen LogP contribution in [0.15, 0.2) is 30.3 Å². The largest absolute Gasteiger partial charge is 0.394 e. The van der Waals surface area contributed by atoms with Gasteiger partial charge in [-0.1, -0.05) is 37.3 Å². The van der Waals surface area contributed by atoms with Gasteiger partial charge in [-0.2, -0.15) is 5.10 Å². The van der Waals surface area contributed by atoms with Crippen molar-refractivity contribution in [2.24, 2.45) is 0 Å². The van der Waals surface area contributed by atoms with Gasteiger partial charge in [0.1, 0.15) is 5.69 Å². The maximum absolute atomic E-state index is 6.02. The number of hydrogen-bond acceptors (Lipinski definition) is 3. The van der Waals surface area contributed by atoms with Crippen LogP contribution in [-0.2, 0) is 0 Å². The molecule has 0 saturated carbocycles. The molecule has 0 spiro atoms. The van der Waals surface area contributed by atoms with E-state index in [9.17, 15) is 0 Å². The average Bonchev–Trinajstić information content (AvgIpc) is 2.69. The van der Waals surface area contributed by atoms with E-state index in [1.165, 1.54) is 0 Å². The summed E-state index contributed by atoms with van der Waals surface area (Å²) in [5, 5.41) is 10.3. The number of aromatic amines is 1. The van der Waals surface area contributed by atoms with Crippen molar-refractivity contribution in [2.45, 2.75) is 13.3 Å². The van der Waals surface area contributed by atoms with Crippen molar-refractivity contribution in [2.75, 3.05) is 17.6 Å². The van der Waals surface area contributed by atoms with Crippen molar-refractivity contribution < 1.29 is 0 Å². The summed E-state index contributed by atoms with van der Waals surface area (Å²) in [4.78, 5) is 0. The minimum atomic E-state index is 0.680. The van der Waals surface area contributed by atoms with Gasteiger partial charge in [-0.05, 0) is 6.42 Å². The Hall–Kier alpha value is -1.97. The third-order valence-corrected chi connectivity index (χ3v) is 2.41. The predicted molar refractivity (Wildman–Crippen MR) is 67.2 cm³/mol. The molecule has 0 aliphatic heterocycles. The quantitative estimate of drug-likeness (QED) is 0.735. The summed E-state index contributed by atoms with van der Waals surface area (Å²) in [5.74, 6) is 0.737. The van der Waals surface area contributed by atoms with Crippen molar-refractivity contribution >= 4 is 11.5 Å². The van der Waals surface area contributed by atoms with Crippen molar-refractivity contribution in [3.8, 4) is 11.3 Å². The SMILES string of the molecule is CCCNc1n[nH]c(-c2ccccc2)c1N. The molecule has 0 saturated heterocycles. The highest BCUT2D eigenvalue weighted by molar-refractivity contribution is 5.80. The third-order valence-electron chi connectivity index (χ3n) is 2.41. The standard InChI is InChI=1S/C12H16N4/c1-2-8-14-12-10(13)11(15-16-12)9-6-4-3-5-7-9/h3-7H,2,8,13H2,1H3,(H2,14,15,16). The summed E-state index contributed by atoms with van der Waals surface area (Å²) in [6, 6.07) is 9.96. The van der Waals surface area contributed by atoms with Crippen LogP contribution in [0.3, 0.4) is 0 Å². The van der Waals surface area contributed by atoms with E-state index in [0.29, 0.717) is 5.69 Å². The van der Waals surface area contributed by atoms with E-state index >= 15 is 0 Å². The number of nitrogens with two attached hydrogens (primary N) is 1. The fraction of sp³-hybridized carbons (Fsp3) is 0.250. The van der Waals surface area contributed by atoms with Gasteiger partial charge in [0.25, 0.3) is 0 Å². The summed E-state index contributed by atoms with van der Waals surface area (Å²) in [6.45, 7) is 2.98. The topological polar surface area (TPSA) is 66.7 Å². The Balaban J connectivity index is 2.27. The first-order valence-electron chi connectivity index (χ1n) is 5.46. The van der Waals surface area contributed by atoms with Gasteiger partial charge in [-0.3, -0.25) is 5.10 Å². The molecule has 1 aromatic carbocycles. The van der Waals surface area contributed by atoms with E-state index < -0.39 is 0 Å². The Morgan fingerprint density at radius 1 is 1.31 bits per heavy atom. The van der Waals surface area contributed by atoms with E-state index in [-0.39, 0.29) is 0 Å². The predicted octanol–water partition coefficient (Wildman–Crippen LogP) is 2.48. The van der Waals surface area contributed by atoms with Gasteiger partial charge < -0.3 is 11.1 Å². The number of nitrogens with zero attached hydrogens (tertiary/aromatic N) is 1. The maximum Gasteiger partial charge on any atom is 0.171 e. The van der Waals surface area contributed by atoms with E-state index in [0.717, 1.165) is 30.0 Å². The molecule has 2 aromatic rings. The van der Waals surface area contributed by atoms with Gasteiger partial charge in [0.2, 0.25) is 0 Å². The number of aromatic nitrogens is 2. The molecule has 0 radical (unpaired) electrons. The molecule has 2 rings (SSSR count). The molecule has 4 nitrogen and oxygen atoms in total. The number of rotatable bonds is 4. The van der Waals surface area contributed by atoms with Crippen molar-refractivity contribution in [3.05, 3.63) is 30.3 Å². The molecule has 4 heteroatoms. The smallest absolute Gasteiger partial charge is 0.171 e. The van der Waals surface area contributed by atoms with Crippen molar-refractivity contribution in [3.63, 3.8) is 0 Å². The first kappa shape index (κ1) is 10.5. The normalized spacial score (nSPS) is 10.3. The Morgan fingerprint density at radius 2 is 2.06 bits per heavy atom. The molecule has 1 aromatic heterocycles. The summed E-state index contributed by atoms with van der Waals surface area (Å²) < 4.78 is 0. The van der Waals surface area contributed by atoms with Gasteiger partial charge in [0.05, 0.1) is 5.69 Å². The van der Waals surface area contributed by atoms with E-state index in [4.69, 9.17) is 5.73 Å². The van der Waals surface area contributed by atoms with Crippen LogP contribution >= 0.6 is 0 Å². The second kappa shape index (κ2) is 4.70. The van der Waals surface area contributed by atoms with Gasteiger partial charge in [-0.15, -0.1) is 0 Å². The van der Waals surface area contributed by atoms with Crippen LogP contribution in [0.5, 0.6) is 0 Å². The molecule has 0 aliphatic carbocycles. The van der Waals surface area contributed by atoms with Crippen LogP contribution in [0.2, 0.25) is 0 Å². The lowest BCUT2D eigenvalue weighted by molar-refractivity contribution is 0.961. The second-order valence-corrected chi connectivity index (χ2v) is 3.65. The molecule has 1 heterocycles. The number of hydrogen-bond donors (Lipinski definition) is 3. The molecular formula is C12H16N4. The highest BCUT2D eigenvalue weighted by Gasteiger charge is 2.10. The number of benzene rings is 1. The highest BCUT2D eigenvalue weighted by Crippen LogP contribution is 2.28. The van der Waals surface area contributed by atoms with E-state index in [2.05, 4.69) is 22.4 Å². The van der Waals surface area contributed by atoms with Crippen LogP contribution in [0.4, 0.5) is 11.5 Å². The summed E-state index contributed by atoms with van der Waals surface area (Å²) in [6.07, 6.45) is 1.05. The Kier molecular flexibility index (Phi) is 3.10. The van der Waals surface area contributed by atoms with Crippen molar-refractivity contribution in [1.82, 2.24) is 10.2 Å². The Bertz CT molecular complexity index is 447. The zero-order valence-corrected chi connectivity index (χ0v) is 9.33. The number of H-pyrrole nitrogens is 1. The lowest BCUT2D eigenvalue weighted by Gasteiger charge is -2.02. The van der Waals surface area contributed by atoms with E-state index in [1.807, 2.05) is 30.3 Å².